The Morgan fingerprint density at radius 2 is 1.81 bits per heavy atom. The molecule has 5 rings (SSSR count). The smallest absolute Gasteiger partial charge is 0.253 e. The van der Waals surface area contributed by atoms with Crippen molar-refractivity contribution in [2.45, 2.75) is 26.7 Å². The van der Waals surface area contributed by atoms with Crippen LogP contribution in [0.25, 0.3) is 22.3 Å². The predicted octanol–water partition coefficient (Wildman–Crippen LogP) is 5.42. The fourth-order valence-corrected chi connectivity index (χ4v) is 5.22. The van der Waals surface area contributed by atoms with E-state index in [0.717, 1.165) is 50.4 Å². The fraction of sp³-hybridized carbons (Fsp3) is 0.353. The molecule has 0 saturated carbocycles. The number of ether oxygens (including phenoxy) is 2. The summed E-state index contributed by atoms with van der Waals surface area (Å²) in [4.78, 5) is 27.8. The zero-order valence-electron chi connectivity index (χ0n) is 24.7. The van der Waals surface area contributed by atoms with E-state index in [1.54, 1.807) is 24.3 Å². The lowest BCUT2D eigenvalue weighted by Crippen LogP contribution is -2.37. The van der Waals surface area contributed by atoms with Gasteiger partial charge in [-0.3, -0.25) is 14.5 Å². The second-order valence-corrected chi connectivity index (χ2v) is 11.3. The molecule has 8 nitrogen and oxygen atoms in total. The van der Waals surface area contributed by atoms with Gasteiger partial charge in [0.25, 0.3) is 11.8 Å². The Hall–Kier alpha value is -4.21. The van der Waals surface area contributed by atoms with Gasteiger partial charge in [0.2, 0.25) is 0 Å². The third-order valence-electron chi connectivity index (χ3n) is 7.47. The minimum atomic E-state index is -0.636. The lowest BCUT2D eigenvalue weighted by atomic mass is 9.98. The number of rotatable bonds is 12. The average molecular weight is 588 g/mol. The van der Waals surface area contributed by atoms with E-state index in [1.807, 2.05) is 38.1 Å². The summed E-state index contributed by atoms with van der Waals surface area (Å²) >= 11 is 0. The second kappa shape index (κ2) is 13.8. The maximum Gasteiger partial charge on any atom is 0.253 e. The first kappa shape index (κ1) is 30.3. The van der Waals surface area contributed by atoms with Gasteiger partial charge in [0, 0.05) is 49.1 Å². The molecule has 1 aliphatic rings. The van der Waals surface area contributed by atoms with Crippen LogP contribution in [0.4, 0.5) is 4.39 Å². The Balaban J connectivity index is 1.41. The Morgan fingerprint density at radius 1 is 1.05 bits per heavy atom. The minimum absolute atomic E-state index is 0.140. The topological polar surface area (TPSA) is 107 Å². The second-order valence-electron chi connectivity index (χ2n) is 11.3. The monoisotopic (exact) mass is 587 g/mol. The molecule has 0 bridgehead atoms. The van der Waals surface area contributed by atoms with E-state index in [2.05, 4.69) is 10.2 Å². The molecule has 1 fully saturated rings. The molecule has 3 aromatic carbocycles. The summed E-state index contributed by atoms with van der Waals surface area (Å²) in [5.74, 6) is 0.174. The summed E-state index contributed by atoms with van der Waals surface area (Å²) in [5, 5.41) is 3.55. The van der Waals surface area contributed by atoms with Crippen LogP contribution >= 0.6 is 0 Å². The zero-order chi connectivity index (χ0) is 30.3. The van der Waals surface area contributed by atoms with Crippen LogP contribution in [-0.2, 0) is 11.2 Å². The molecule has 0 aliphatic carbocycles. The van der Waals surface area contributed by atoms with Gasteiger partial charge in [-0.05, 0) is 78.1 Å². The first-order chi connectivity index (χ1) is 20.8. The number of carbonyl (C=O) groups excluding carboxylic acids is 2. The summed E-state index contributed by atoms with van der Waals surface area (Å²) in [6.07, 6.45) is 1.32. The van der Waals surface area contributed by atoms with Crippen molar-refractivity contribution in [1.82, 2.24) is 10.2 Å². The SMILES string of the molecule is CC(C)CNC(=O)c1ccc(OCCCN2CCOCC2)c(Cc2ccc3oc(-c4ccc(F)cc4)c(C(N)=O)c3c2)c1. The molecule has 1 saturated heterocycles. The van der Waals surface area contributed by atoms with Crippen molar-refractivity contribution < 1.29 is 27.9 Å². The van der Waals surface area contributed by atoms with E-state index in [4.69, 9.17) is 19.6 Å². The lowest BCUT2D eigenvalue weighted by Gasteiger charge is -2.26. The van der Waals surface area contributed by atoms with E-state index < -0.39 is 5.91 Å². The molecule has 0 radical (unpaired) electrons. The van der Waals surface area contributed by atoms with Gasteiger partial charge in [0.15, 0.2) is 0 Å². The quantitative estimate of drug-likeness (QED) is 0.215. The first-order valence-electron chi connectivity index (χ1n) is 14.7. The molecule has 0 unspecified atom stereocenters. The van der Waals surface area contributed by atoms with Crippen LogP contribution in [0.2, 0.25) is 0 Å². The molecule has 9 heteroatoms. The van der Waals surface area contributed by atoms with Crippen LogP contribution in [0.3, 0.4) is 0 Å². The van der Waals surface area contributed by atoms with Crippen LogP contribution in [0.5, 0.6) is 5.75 Å². The van der Waals surface area contributed by atoms with Gasteiger partial charge >= 0.3 is 0 Å². The number of nitrogens with one attached hydrogen (secondary N) is 1. The number of hydrogen-bond acceptors (Lipinski definition) is 6. The maximum absolute atomic E-state index is 13.5. The number of carbonyl (C=O) groups is 2. The summed E-state index contributed by atoms with van der Waals surface area (Å²) in [5.41, 5.74) is 9.39. The number of halogens is 1. The van der Waals surface area contributed by atoms with E-state index in [9.17, 15) is 14.0 Å². The third kappa shape index (κ3) is 7.60. The molecule has 2 heterocycles. The van der Waals surface area contributed by atoms with Crippen molar-refractivity contribution in [2.75, 3.05) is 46.0 Å². The standard InChI is InChI=1S/C34H38FN3O5/c1-22(2)21-37-34(40)25-7-11-29(42-15-3-12-38-13-16-41-17-14-38)26(20-25)18-23-4-10-30-28(19-23)31(33(36)39)32(43-30)24-5-8-27(35)9-6-24/h4-11,19-20,22H,3,12-18,21H2,1-2H3,(H2,36,39)(H,37,40). The highest BCUT2D eigenvalue weighted by molar-refractivity contribution is 6.10. The highest BCUT2D eigenvalue weighted by Gasteiger charge is 2.21. The number of nitrogens with two attached hydrogens (primary N) is 1. The molecule has 2 amide bonds. The first-order valence-corrected chi connectivity index (χ1v) is 14.7. The summed E-state index contributed by atoms with van der Waals surface area (Å²) in [7, 11) is 0. The van der Waals surface area contributed by atoms with Crippen molar-refractivity contribution in [3.8, 4) is 17.1 Å². The lowest BCUT2D eigenvalue weighted by molar-refractivity contribution is 0.0358. The van der Waals surface area contributed by atoms with Crippen LogP contribution in [-0.4, -0.2) is 62.7 Å². The summed E-state index contributed by atoms with van der Waals surface area (Å²) < 4.78 is 31.2. The van der Waals surface area contributed by atoms with E-state index in [0.29, 0.717) is 59.1 Å². The largest absolute Gasteiger partial charge is 0.493 e. The number of nitrogens with zero attached hydrogens (tertiary/aromatic N) is 1. The number of furan rings is 1. The van der Waals surface area contributed by atoms with Crippen LogP contribution in [0, 0.1) is 11.7 Å². The summed E-state index contributed by atoms with van der Waals surface area (Å²) in [6, 6.07) is 16.8. The highest BCUT2D eigenvalue weighted by atomic mass is 19.1. The molecular formula is C34H38FN3O5. The molecule has 0 spiro atoms. The summed E-state index contributed by atoms with van der Waals surface area (Å²) in [6.45, 7) is 9.52. The van der Waals surface area contributed by atoms with E-state index >= 15 is 0 Å². The maximum atomic E-state index is 13.5. The number of hydrogen-bond donors (Lipinski definition) is 2. The Labute approximate surface area is 250 Å². The average Bonchev–Trinajstić information content (AvgIpc) is 3.38. The van der Waals surface area contributed by atoms with Gasteiger partial charge < -0.3 is 24.9 Å². The van der Waals surface area contributed by atoms with Gasteiger partial charge in [-0.15, -0.1) is 0 Å². The molecule has 0 atom stereocenters. The molecule has 43 heavy (non-hydrogen) atoms. The predicted molar refractivity (Wildman–Crippen MR) is 164 cm³/mol. The van der Waals surface area contributed by atoms with Gasteiger partial charge in [-0.1, -0.05) is 19.9 Å². The molecular weight excluding hydrogens is 549 g/mol. The van der Waals surface area contributed by atoms with Crippen molar-refractivity contribution in [3.63, 3.8) is 0 Å². The molecule has 4 aromatic rings. The highest BCUT2D eigenvalue weighted by Crippen LogP contribution is 2.35. The van der Waals surface area contributed by atoms with Crippen molar-refractivity contribution in [1.29, 1.82) is 0 Å². The number of primary amides is 1. The Morgan fingerprint density at radius 3 is 2.53 bits per heavy atom. The van der Waals surface area contributed by atoms with Crippen LogP contribution < -0.4 is 15.8 Å². The van der Waals surface area contributed by atoms with Gasteiger partial charge in [-0.2, -0.15) is 0 Å². The van der Waals surface area contributed by atoms with Gasteiger partial charge in [-0.25, -0.2) is 4.39 Å². The van der Waals surface area contributed by atoms with E-state index in [-0.39, 0.29) is 17.3 Å². The van der Waals surface area contributed by atoms with Crippen LogP contribution in [0.15, 0.2) is 65.1 Å². The van der Waals surface area contributed by atoms with Gasteiger partial charge in [0.1, 0.15) is 22.9 Å². The van der Waals surface area contributed by atoms with Crippen LogP contribution in [0.1, 0.15) is 52.1 Å². The fourth-order valence-electron chi connectivity index (χ4n) is 5.22. The Kier molecular flexibility index (Phi) is 9.74. The van der Waals surface area contributed by atoms with Crippen molar-refractivity contribution in [2.24, 2.45) is 11.7 Å². The Bertz CT molecular complexity index is 1580. The van der Waals surface area contributed by atoms with E-state index in [1.165, 1.54) is 12.1 Å². The molecule has 3 N–H and O–H groups in total. The third-order valence-corrected chi connectivity index (χ3v) is 7.47. The molecule has 1 aromatic heterocycles. The normalized spacial score (nSPS) is 13.9. The van der Waals surface area contributed by atoms with Crippen molar-refractivity contribution in [3.05, 3.63) is 88.7 Å². The van der Waals surface area contributed by atoms with Gasteiger partial charge in [0.05, 0.1) is 25.4 Å². The number of amides is 2. The number of morpholine rings is 1. The number of fused-ring (bicyclic) bond motifs is 1. The zero-order valence-corrected chi connectivity index (χ0v) is 24.7. The minimum Gasteiger partial charge on any atom is -0.493 e. The molecule has 226 valence electrons. The van der Waals surface area contributed by atoms with Crippen molar-refractivity contribution >= 4 is 22.8 Å². The molecule has 1 aliphatic heterocycles. The number of benzene rings is 3.